The van der Waals surface area contributed by atoms with Crippen molar-refractivity contribution in [2.75, 3.05) is 17.1 Å². The number of benzene rings is 4. The van der Waals surface area contributed by atoms with Crippen LogP contribution < -0.4 is 14.4 Å². The lowest BCUT2D eigenvalue weighted by Crippen LogP contribution is -2.30. The first-order chi connectivity index (χ1) is 17.8. The van der Waals surface area contributed by atoms with E-state index in [2.05, 4.69) is 12.2 Å². The van der Waals surface area contributed by atoms with Crippen LogP contribution in [0.5, 0.6) is 11.5 Å². The minimum Gasteiger partial charge on any atom is -0.455 e. The topological polar surface area (TPSA) is 75.7 Å². The van der Waals surface area contributed by atoms with Crippen LogP contribution >= 0.6 is 0 Å². The van der Waals surface area contributed by atoms with E-state index in [9.17, 15) is 13.2 Å². The quantitative estimate of drug-likeness (QED) is 0.283. The Bertz CT molecular complexity index is 1420. The zero-order valence-corrected chi connectivity index (χ0v) is 21.7. The summed E-state index contributed by atoms with van der Waals surface area (Å²) in [7, 11) is -3.63. The Morgan fingerprint density at radius 3 is 2.08 bits per heavy atom. The van der Waals surface area contributed by atoms with Crippen LogP contribution in [0.2, 0.25) is 0 Å². The predicted octanol–water partition coefficient (Wildman–Crippen LogP) is 5.98. The summed E-state index contributed by atoms with van der Waals surface area (Å²) in [5.41, 5.74) is 2.86. The highest BCUT2D eigenvalue weighted by Crippen LogP contribution is 2.34. The van der Waals surface area contributed by atoms with Gasteiger partial charge in [0, 0.05) is 12.1 Å². The Morgan fingerprint density at radius 1 is 0.838 bits per heavy atom. The molecule has 1 amide bonds. The minimum absolute atomic E-state index is 0.0982. The maximum Gasteiger partial charge on any atom is 0.251 e. The largest absolute Gasteiger partial charge is 0.455 e. The van der Waals surface area contributed by atoms with Crippen LogP contribution in [0.3, 0.4) is 0 Å². The van der Waals surface area contributed by atoms with Crippen LogP contribution in [0.1, 0.15) is 34.3 Å². The van der Waals surface area contributed by atoms with Crippen molar-refractivity contribution in [1.82, 2.24) is 5.32 Å². The molecule has 0 aliphatic rings. The third-order valence-corrected chi connectivity index (χ3v) is 7.11. The number of carbonyl (C=O) groups is 1. The van der Waals surface area contributed by atoms with E-state index in [0.717, 1.165) is 11.1 Å². The lowest BCUT2D eigenvalue weighted by Gasteiger charge is -2.25. The molecule has 0 heterocycles. The maximum absolute atomic E-state index is 12.8. The number of hydrogen-bond donors (Lipinski definition) is 1. The molecule has 4 aromatic carbocycles. The van der Waals surface area contributed by atoms with E-state index in [4.69, 9.17) is 4.74 Å². The van der Waals surface area contributed by atoms with Crippen molar-refractivity contribution in [1.29, 1.82) is 0 Å². The van der Waals surface area contributed by atoms with Gasteiger partial charge in [0.25, 0.3) is 5.91 Å². The molecule has 0 bridgehead atoms. The second kappa shape index (κ2) is 11.8. The summed E-state index contributed by atoms with van der Waals surface area (Å²) in [6.07, 6.45) is 1.17. The number of sulfonamides is 1. The van der Waals surface area contributed by atoms with Gasteiger partial charge in [0.2, 0.25) is 10.0 Å². The summed E-state index contributed by atoms with van der Waals surface area (Å²) in [6.45, 7) is 2.68. The van der Waals surface area contributed by atoms with E-state index >= 15 is 0 Å². The normalized spacial score (nSPS) is 11.9. The molecule has 1 unspecified atom stereocenters. The number of carbonyl (C=O) groups excluding carboxylic acids is 1. The van der Waals surface area contributed by atoms with E-state index in [1.165, 1.54) is 10.6 Å². The fraction of sp³-hybridized carbons (Fsp3) is 0.167. The monoisotopic (exact) mass is 514 g/mol. The molecule has 0 fully saturated rings. The smallest absolute Gasteiger partial charge is 0.251 e. The molecule has 0 radical (unpaired) electrons. The number of nitrogens with zero attached hydrogens (tertiary/aromatic N) is 1. The molecule has 0 saturated carbocycles. The molecule has 6 nitrogen and oxygen atoms in total. The van der Waals surface area contributed by atoms with Gasteiger partial charge >= 0.3 is 0 Å². The molecule has 7 heteroatoms. The van der Waals surface area contributed by atoms with Crippen LogP contribution in [0.25, 0.3) is 0 Å². The highest BCUT2D eigenvalue weighted by Gasteiger charge is 2.22. The van der Waals surface area contributed by atoms with Gasteiger partial charge in [-0.2, -0.15) is 0 Å². The van der Waals surface area contributed by atoms with E-state index in [-0.39, 0.29) is 18.4 Å². The minimum atomic E-state index is -3.63. The summed E-state index contributed by atoms with van der Waals surface area (Å²) < 4.78 is 32.9. The van der Waals surface area contributed by atoms with Crippen LogP contribution in [-0.4, -0.2) is 27.1 Å². The van der Waals surface area contributed by atoms with E-state index < -0.39 is 10.0 Å². The molecule has 0 spiro atoms. The molecule has 1 atom stereocenters. The molecule has 37 heavy (non-hydrogen) atoms. The number of hydrogen-bond acceptors (Lipinski definition) is 4. The van der Waals surface area contributed by atoms with Gasteiger partial charge in [-0.05, 0) is 53.4 Å². The second-order valence-corrected chi connectivity index (χ2v) is 10.8. The second-order valence-electron chi connectivity index (χ2n) is 8.87. The Kier molecular flexibility index (Phi) is 8.25. The molecule has 4 aromatic rings. The third-order valence-electron chi connectivity index (χ3n) is 5.99. The van der Waals surface area contributed by atoms with Crippen LogP contribution in [0, 0.1) is 0 Å². The number of rotatable bonds is 10. The lowest BCUT2D eigenvalue weighted by atomic mass is 10.0. The average molecular weight is 515 g/mol. The number of nitrogens with one attached hydrogen (secondary N) is 1. The maximum atomic E-state index is 12.8. The molecule has 0 aromatic heterocycles. The number of amides is 1. The number of anilines is 1. The fourth-order valence-electron chi connectivity index (χ4n) is 3.92. The Balaban J connectivity index is 1.47. The molecule has 0 aliphatic carbocycles. The van der Waals surface area contributed by atoms with E-state index in [0.29, 0.717) is 29.3 Å². The molecule has 190 valence electrons. The SMILES string of the molecule is CC(CNC(=O)c1ccc(CN(c2ccccc2Oc2ccccc2)S(C)(=O)=O)cc1)c1ccccc1. The van der Waals surface area contributed by atoms with Crippen LogP contribution in [0.4, 0.5) is 5.69 Å². The van der Waals surface area contributed by atoms with Crippen LogP contribution in [-0.2, 0) is 16.6 Å². The zero-order valence-electron chi connectivity index (χ0n) is 20.9. The van der Waals surface area contributed by atoms with Gasteiger partial charge in [0.05, 0.1) is 18.5 Å². The Morgan fingerprint density at radius 2 is 1.43 bits per heavy atom. The summed E-state index contributed by atoms with van der Waals surface area (Å²) in [5.74, 6) is 1.06. The molecule has 4 rings (SSSR count). The molecular formula is C30H30N2O4S. The van der Waals surface area contributed by atoms with Crippen LogP contribution in [0.15, 0.2) is 109 Å². The molecule has 1 N–H and O–H groups in total. The summed E-state index contributed by atoms with van der Waals surface area (Å²) in [5, 5.41) is 2.98. The van der Waals surface area contributed by atoms with Gasteiger partial charge in [-0.25, -0.2) is 8.42 Å². The fourth-order valence-corrected chi connectivity index (χ4v) is 4.81. The zero-order chi connectivity index (χ0) is 26.3. The number of ether oxygens (including phenoxy) is 1. The molecular weight excluding hydrogens is 484 g/mol. The average Bonchev–Trinajstić information content (AvgIpc) is 2.91. The van der Waals surface area contributed by atoms with Gasteiger partial charge < -0.3 is 10.1 Å². The van der Waals surface area contributed by atoms with Gasteiger partial charge in [0.1, 0.15) is 5.75 Å². The molecule has 0 aliphatic heterocycles. The lowest BCUT2D eigenvalue weighted by molar-refractivity contribution is 0.0951. The summed E-state index contributed by atoms with van der Waals surface area (Å²) in [4.78, 5) is 12.7. The van der Waals surface area contributed by atoms with Crippen molar-refractivity contribution in [3.05, 3.63) is 126 Å². The first kappa shape index (κ1) is 26.0. The Labute approximate surface area is 218 Å². The van der Waals surface area contributed by atoms with Crippen molar-refractivity contribution < 1.29 is 17.9 Å². The highest BCUT2D eigenvalue weighted by atomic mass is 32.2. The standard InChI is InChI=1S/C30H30N2O4S/c1-23(25-11-5-3-6-12-25)21-31-30(33)26-19-17-24(18-20-26)22-32(37(2,34)35)28-15-9-10-16-29(28)36-27-13-7-4-8-14-27/h3-20,23H,21-22H2,1-2H3,(H,31,33). The van der Waals surface area contributed by atoms with Gasteiger partial charge in [-0.15, -0.1) is 0 Å². The highest BCUT2D eigenvalue weighted by molar-refractivity contribution is 7.92. The molecule has 0 saturated heterocycles. The summed E-state index contributed by atoms with van der Waals surface area (Å²) >= 11 is 0. The van der Waals surface area contributed by atoms with Crippen molar-refractivity contribution in [2.24, 2.45) is 0 Å². The van der Waals surface area contributed by atoms with Crippen molar-refractivity contribution >= 4 is 21.6 Å². The van der Waals surface area contributed by atoms with Gasteiger partial charge in [0.15, 0.2) is 5.75 Å². The van der Waals surface area contributed by atoms with Crippen molar-refractivity contribution in [3.63, 3.8) is 0 Å². The first-order valence-corrected chi connectivity index (χ1v) is 13.9. The van der Waals surface area contributed by atoms with E-state index in [1.807, 2.05) is 60.7 Å². The van der Waals surface area contributed by atoms with Crippen molar-refractivity contribution in [2.45, 2.75) is 19.4 Å². The summed E-state index contributed by atoms with van der Waals surface area (Å²) in [6, 6.07) is 33.2. The first-order valence-electron chi connectivity index (χ1n) is 12.0. The third kappa shape index (κ3) is 6.98. The Hall–Kier alpha value is -4.10. The number of para-hydroxylation sites is 3. The van der Waals surface area contributed by atoms with E-state index in [1.54, 1.807) is 48.5 Å². The van der Waals surface area contributed by atoms with Gasteiger partial charge in [-0.1, -0.05) is 79.7 Å². The predicted molar refractivity (Wildman–Crippen MR) is 148 cm³/mol. The van der Waals surface area contributed by atoms with Gasteiger partial charge in [-0.3, -0.25) is 9.10 Å². The van der Waals surface area contributed by atoms with Crippen molar-refractivity contribution in [3.8, 4) is 11.5 Å².